The van der Waals surface area contributed by atoms with Crippen molar-refractivity contribution in [3.05, 3.63) is 52.3 Å². The Morgan fingerprint density at radius 3 is 2.52 bits per heavy atom. The summed E-state index contributed by atoms with van der Waals surface area (Å²) < 4.78 is 46.0. The summed E-state index contributed by atoms with van der Waals surface area (Å²) in [4.78, 5) is 4.06. The molecule has 1 N–H and O–H groups in total. The van der Waals surface area contributed by atoms with E-state index in [1.54, 1.807) is 18.5 Å². The van der Waals surface area contributed by atoms with Crippen molar-refractivity contribution in [2.45, 2.75) is 44.0 Å². The van der Waals surface area contributed by atoms with Crippen LogP contribution in [0.15, 0.2) is 41.1 Å². The quantitative estimate of drug-likeness (QED) is 0.679. The third-order valence-electron chi connectivity index (χ3n) is 4.47. The smallest absolute Gasteiger partial charge is 0.417 e. The summed E-state index contributed by atoms with van der Waals surface area (Å²) in [5.74, 6) is 0.697. The molecule has 1 aromatic carbocycles. The average molecular weight is 440 g/mol. The number of halogens is 4. The van der Waals surface area contributed by atoms with Crippen molar-refractivity contribution < 1.29 is 17.9 Å². The minimum absolute atomic E-state index is 0.0610. The number of rotatable bonds is 4. The number of aromatic nitrogens is 1. The van der Waals surface area contributed by atoms with E-state index in [2.05, 4.69) is 26.2 Å². The van der Waals surface area contributed by atoms with Crippen LogP contribution in [0.4, 0.5) is 18.9 Å². The molecule has 0 aliphatic heterocycles. The van der Waals surface area contributed by atoms with Crippen LogP contribution in [-0.4, -0.2) is 17.1 Å². The molecule has 8 heteroatoms. The number of anilines is 1. The highest BCUT2D eigenvalue weighted by Crippen LogP contribution is 2.34. The normalized spacial score (nSPS) is 20.0. The van der Waals surface area contributed by atoms with E-state index in [4.69, 9.17) is 10.00 Å². The van der Waals surface area contributed by atoms with Gasteiger partial charge in [0.15, 0.2) is 0 Å². The summed E-state index contributed by atoms with van der Waals surface area (Å²) in [6.07, 6.45) is 2.02. The minimum atomic E-state index is -4.55. The second-order valence-electron chi connectivity index (χ2n) is 6.44. The second-order valence-corrected chi connectivity index (χ2v) is 7.36. The zero-order valence-corrected chi connectivity index (χ0v) is 15.8. The zero-order chi connectivity index (χ0) is 19.4. The van der Waals surface area contributed by atoms with Crippen molar-refractivity contribution in [3.63, 3.8) is 0 Å². The first-order valence-electron chi connectivity index (χ1n) is 8.50. The first kappa shape index (κ1) is 19.5. The molecule has 4 nitrogen and oxygen atoms in total. The van der Waals surface area contributed by atoms with Gasteiger partial charge in [-0.15, -0.1) is 0 Å². The van der Waals surface area contributed by atoms with Crippen LogP contribution in [-0.2, 0) is 6.18 Å². The fourth-order valence-corrected chi connectivity index (χ4v) is 3.52. The highest BCUT2D eigenvalue weighted by atomic mass is 79.9. The molecule has 1 fully saturated rings. The third kappa shape index (κ3) is 5.13. The van der Waals surface area contributed by atoms with E-state index in [0.29, 0.717) is 11.4 Å². The summed E-state index contributed by atoms with van der Waals surface area (Å²) in [6, 6.07) is 7.25. The van der Waals surface area contributed by atoms with Gasteiger partial charge in [0, 0.05) is 22.4 Å². The van der Waals surface area contributed by atoms with Crippen molar-refractivity contribution in [1.29, 1.82) is 5.26 Å². The maximum Gasteiger partial charge on any atom is 0.417 e. The van der Waals surface area contributed by atoms with Crippen LogP contribution in [0, 0.1) is 11.3 Å². The van der Waals surface area contributed by atoms with Gasteiger partial charge < -0.3 is 10.1 Å². The maximum absolute atomic E-state index is 13.1. The van der Waals surface area contributed by atoms with Crippen LogP contribution in [0.5, 0.6) is 5.75 Å². The monoisotopic (exact) mass is 439 g/mol. The Hall–Kier alpha value is -2.27. The molecule has 0 spiro atoms. The number of pyridine rings is 1. The summed E-state index contributed by atoms with van der Waals surface area (Å²) >= 11 is 3.35. The molecule has 0 unspecified atom stereocenters. The molecule has 0 bridgehead atoms. The molecule has 2 aromatic rings. The fraction of sp³-hybridized carbons (Fsp3) is 0.368. The van der Waals surface area contributed by atoms with E-state index in [0.717, 1.165) is 36.2 Å². The van der Waals surface area contributed by atoms with Crippen molar-refractivity contribution in [2.75, 3.05) is 5.32 Å². The van der Waals surface area contributed by atoms with Gasteiger partial charge in [0.25, 0.3) is 0 Å². The Morgan fingerprint density at radius 1 is 1.15 bits per heavy atom. The van der Waals surface area contributed by atoms with Gasteiger partial charge in [-0.3, -0.25) is 4.98 Å². The average Bonchev–Trinajstić information content (AvgIpc) is 2.63. The minimum Gasteiger partial charge on any atom is -0.489 e. The van der Waals surface area contributed by atoms with E-state index >= 15 is 0 Å². The number of alkyl halides is 3. The molecular weight excluding hydrogens is 423 g/mol. The predicted molar refractivity (Wildman–Crippen MR) is 98.4 cm³/mol. The lowest BCUT2D eigenvalue weighted by atomic mass is 9.92. The lowest BCUT2D eigenvalue weighted by Crippen LogP contribution is -2.31. The summed E-state index contributed by atoms with van der Waals surface area (Å²) in [6.45, 7) is 0. The highest BCUT2D eigenvalue weighted by molar-refractivity contribution is 9.10. The van der Waals surface area contributed by atoms with Gasteiger partial charge in [0.2, 0.25) is 0 Å². The maximum atomic E-state index is 13.1. The Kier molecular flexibility index (Phi) is 5.90. The summed E-state index contributed by atoms with van der Waals surface area (Å²) in [7, 11) is 0. The van der Waals surface area contributed by atoms with Gasteiger partial charge >= 0.3 is 6.18 Å². The SMILES string of the molecule is N#Cc1ccc(NC2CCC(Oc3cncc(Br)c3)CC2)cc1C(F)(F)F. The van der Waals surface area contributed by atoms with Gasteiger partial charge in [-0.25, -0.2) is 0 Å². The standard InChI is InChI=1S/C19H17BrF3N3O/c20-13-7-17(11-25-10-13)27-16-5-3-14(4-6-16)26-15-2-1-12(9-24)18(8-15)19(21,22)23/h1-2,7-8,10-11,14,16,26H,3-6H2. The highest BCUT2D eigenvalue weighted by Gasteiger charge is 2.34. The first-order valence-corrected chi connectivity index (χ1v) is 9.29. The molecule has 1 aromatic heterocycles. The van der Waals surface area contributed by atoms with Crippen LogP contribution in [0.2, 0.25) is 0 Å². The van der Waals surface area contributed by atoms with E-state index in [-0.39, 0.29) is 17.7 Å². The number of nitrogens with zero attached hydrogens (tertiary/aromatic N) is 2. The Balaban J connectivity index is 1.59. The molecule has 142 valence electrons. The van der Waals surface area contributed by atoms with Gasteiger partial charge in [-0.1, -0.05) is 0 Å². The van der Waals surface area contributed by atoms with Gasteiger partial charge in [0.1, 0.15) is 5.75 Å². The molecule has 3 rings (SSSR count). The van der Waals surface area contributed by atoms with Crippen molar-refractivity contribution >= 4 is 21.6 Å². The van der Waals surface area contributed by atoms with E-state index in [1.165, 1.54) is 12.1 Å². The van der Waals surface area contributed by atoms with E-state index in [9.17, 15) is 13.2 Å². The van der Waals surface area contributed by atoms with Crippen molar-refractivity contribution in [2.24, 2.45) is 0 Å². The Bertz CT molecular complexity index is 843. The Labute approximate surface area is 163 Å². The van der Waals surface area contributed by atoms with Gasteiger partial charge in [-0.2, -0.15) is 18.4 Å². The molecule has 1 heterocycles. The number of hydrogen-bond donors (Lipinski definition) is 1. The summed E-state index contributed by atoms with van der Waals surface area (Å²) in [5, 5.41) is 12.0. The first-order chi connectivity index (χ1) is 12.8. The molecular formula is C19H17BrF3N3O. The van der Waals surface area contributed by atoms with E-state index < -0.39 is 11.7 Å². The zero-order valence-electron chi connectivity index (χ0n) is 14.3. The van der Waals surface area contributed by atoms with E-state index in [1.807, 2.05) is 6.07 Å². The largest absolute Gasteiger partial charge is 0.489 e. The molecule has 1 aliphatic rings. The van der Waals surface area contributed by atoms with Crippen molar-refractivity contribution in [1.82, 2.24) is 4.98 Å². The number of hydrogen-bond acceptors (Lipinski definition) is 4. The van der Waals surface area contributed by atoms with Crippen LogP contribution < -0.4 is 10.1 Å². The van der Waals surface area contributed by atoms with Crippen LogP contribution in [0.3, 0.4) is 0 Å². The number of nitrogens with one attached hydrogen (secondary N) is 1. The lowest BCUT2D eigenvalue weighted by Gasteiger charge is -2.30. The predicted octanol–water partition coefficient (Wildman–Crippen LogP) is 5.54. The molecule has 0 atom stereocenters. The topological polar surface area (TPSA) is 57.9 Å². The molecule has 0 saturated heterocycles. The molecule has 0 radical (unpaired) electrons. The van der Waals surface area contributed by atoms with Gasteiger partial charge in [0.05, 0.1) is 29.5 Å². The lowest BCUT2D eigenvalue weighted by molar-refractivity contribution is -0.137. The molecule has 0 amide bonds. The number of nitriles is 1. The van der Waals surface area contributed by atoms with Gasteiger partial charge in [-0.05, 0) is 65.9 Å². The molecule has 27 heavy (non-hydrogen) atoms. The number of benzene rings is 1. The third-order valence-corrected chi connectivity index (χ3v) is 4.91. The molecule has 1 saturated carbocycles. The Morgan fingerprint density at radius 2 is 1.89 bits per heavy atom. The fourth-order valence-electron chi connectivity index (χ4n) is 3.18. The second kappa shape index (κ2) is 8.17. The number of ether oxygens (including phenoxy) is 1. The van der Waals surface area contributed by atoms with Crippen LogP contribution in [0.1, 0.15) is 36.8 Å². The van der Waals surface area contributed by atoms with Crippen LogP contribution in [0.25, 0.3) is 0 Å². The van der Waals surface area contributed by atoms with Crippen molar-refractivity contribution in [3.8, 4) is 11.8 Å². The summed E-state index contributed by atoms with van der Waals surface area (Å²) in [5.41, 5.74) is -0.899. The molecule has 1 aliphatic carbocycles. The van der Waals surface area contributed by atoms with Crippen LogP contribution >= 0.6 is 15.9 Å².